The summed E-state index contributed by atoms with van der Waals surface area (Å²) < 4.78 is 1.02. The molecule has 2 aromatic carbocycles. The number of nitrogens with zero attached hydrogens (tertiary/aromatic N) is 5. The fraction of sp³-hybridized carbons (Fsp3) is 0. The maximum absolute atomic E-state index is 9.65. The first-order valence-electron chi connectivity index (χ1n) is 10.1. The lowest BCUT2D eigenvalue weighted by molar-refractivity contribution is 1.46. The molecule has 0 N–H and O–H groups in total. The van der Waals surface area contributed by atoms with Crippen LogP contribution in [0.15, 0.2) is 77.4 Å². The molecule has 4 aromatic rings. The predicted octanol–water partition coefficient (Wildman–Crippen LogP) is 6.72. The van der Waals surface area contributed by atoms with E-state index in [2.05, 4.69) is 0 Å². The van der Waals surface area contributed by atoms with Crippen molar-refractivity contribution >= 4 is 49.4 Å². The minimum atomic E-state index is -0.0632. The number of aromatic nitrogens is 1. The van der Waals surface area contributed by atoms with E-state index in [9.17, 15) is 21.0 Å². The molecule has 1 aliphatic rings. The van der Waals surface area contributed by atoms with Gasteiger partial charge in [-0.1, -0.05) is 54.6 Å². The van der Waals surface area contributed by atoms with Crippen molar-refractivity contribution in [3.63, 3.8) is 0 Å². The zero-order chi connectivity index (χ0) is 23.7. The highest BCUT2D eigenvalue weighted by Gasteiger charge is 2.32. The fourth-order valence-electron chi connectivity index (χ4n) is 3.96. The summed E-state index contributed by atoms with van der Waals surface area (Å²) in [6.07, 6.45) is 1.84. The van der Waals surface area contributed by atoms with Crippen LogP contribution in [0.5, 0.6) is 0 Å². The third kappa shape index (κ3) is 3.39. The van der Waals surface area contributed by atoms with Crippen molar-refractivity contribution in [3.05, 3.63) is 93.4 Å². The zero-order valence-electron chi connectivity index (χ0n) is 17.4. The van der Waals surface area contributed by atoms with Gasteiger partial charge in [0.15, 0.2) is 0 Å². The van der Waals surface area contributed by atoms with E-state index in [1.807, 2.05) is 66.8 Å². The molecule has 0 aliphatic heterocycles. The van der Waals surface area contributed by atoms with Crippen molar-refractivity contribution in [1.29, 1.82) is 21.0 Å². The summed E-state index contributed by atoms with van der Waals surface area (Å²) in [4.78, 5) is 6.50. The van der Waals surface area contributed by atoms with E-state index in [1.54, 1.807) is 35.6 Å². The SMILES string of the molecule is N#CC(C#N)=C1C(=Cc2cc3sc(-c4ccccc4)nc3s2)C(=C(C#N)C#N)c2ccccc21. The van der Waals surface area contributed by atoms with Gasteiger partial charge in [0.1, 0.15) is 45.3 Å². The minimum Gasteiger partial charge on any atom is -0.225 e. The minimum absolute atomic E-state index is 0.0632. The summed E-state index contributed by atoms with van der Waals surface area (Å²) in [7, 11) is 0. The van der Waals surface area contributed by atoms with Gasteiger partial charge in [0, 0.05) is 21.6 Å². The van der Waals surface area contributed by atoms with Crippen LogP contribution in [-0.4, -0.2) is 4.98 Å². The van der Waals surface area contributed by atoms with E-state index in [0.29, 0.717) is 27.8 Å². The summed E-state index contributed by atoms with van der Waals surface area (Å²) in [5, 5.41) is 39.5. The highest BCUT2D eigenvalue weighted by molar-refractivity contribution is 7.29. The smallest absolute Gasteiger partial charge is 0.138 e. The lowest BCUT2D eigenvalue weighted by atomic mass is 9.96. The summed E-state index contributed by atoms with van der Waals surface area (Å²) in [5.41, 5.74) is 3.65. The highest BCUT2D eigenvalue weighted by Crippen LogP contribution is 2.49. The van der Waals surface area contributed by atoms with Crippen molar-refractivity contribution in [1.82, 2.24) is 4.98 Å². The molecule has 7 heteroatoms. The van der Waals surface area contributed by atoms with Crippen molar-refractivity contribution < 1.29 is 0 Å². The Balaban J connectivity index is 1.73. The lowest BCUT2D eigenvalue weighted by Gasteiger charge is -2.04. The van der Waals surface area contributed by atoms with Crippen LogP contribution >= 0.6 is 22.7 Å². The average Bonchev–Trinajstić information content (AvgIpc) is 3.53. The van der Waals surface area contributed by atoms with Gasteiger partial charge >= 0.3 is 0 Å². The van der Waals surface area contributed by atoms with Gasteiger partial charge in [0.05, 0.1) is 4.70 Å². The number of hydrogen-bond acceptors (Lipinski definition) is 7. The Morgan fingerprint density at radius 1 is 0.735 bits per heavy atom. The van der Waals surface area contributed by atoms with Crippen molar-refractivity contribution in [2.24, 2.45) is 0 Å². The molecular weight excluding hydrogens is 458 g/mol. The van der Waals surface area contributed by atoms with Crippen LogP contribution < -0.4 is 0 Å². The van der Waals surface area contributed by atoms with Gasteiger partial charge < -0.3 is 0 Å². The maximum Gasteiger partial charge on any atom is 0.138 e. The molecular formula is C27H11N5S2. The fourth-order valence-corrected chi connectivity index (χ4v) is 6.13. The third-order valence-electron chi connectivity index (χ3n) is 5.37. The number of fused-ring (bicyclic) bond motifs is 2. The van der Waals surface area contributed by atoms with Crippen LogP contribution in [0.2, 0.25) is 0 Å². The van der Waals surface area contributed by atoms with E-state index in [1.165, 1.54) is 11.3 Å². The second kappa shape index (κ2) is 8.62. The van der Waals surface area contributed by atoms with Crippen LogP contribution in [-0.2, 0) is 0 Å². The molecule has 0 saturated carbocycles. The molecule has 156 valence electrons. The highest BCUT2D eigenvalue weighted by atomic mass is 32.1. The summed E-state index contributed by atoms with van der Waals surface area (Å²) in [6, 6.07) is 27.1. The van der Waals surface area contributed by atoms with Gasteiger partial charge in [-0.3, -0.25) is 0 Å². The number of benzene rings is 2. The first kappa shape index (κ1) is 21.1. The van der Waals surface area contributed by atoms with Gasteiger partial charge in [0.25, 0.3) is 0 Å². The largest absolute Gasteiger partial charge is 0.225 e. The number of thiophene rings is 1. The van der Waals surface area contributed by atoms with Gasteiger partial charge in [0.2, 0.25) is 0 Å². The van der Waals surface area contributed by atoms with Crippen LogP contribution in [0.3, 0.4) is 0 Å². The number of nitriles is 4. The first-order chi connectivity index (χ1) is 16.7. The zero-order valence-corrected chi connectivity index (χ0v) is 19.0. The Labute approximate surface area is 203 Å². The van der Waals surface area contributed by atoms with Gasteiger partial charge in [-0.15, -0.1) is 22.7 Å². The molecule has 0 bridgehead atoms. The lowest BCUT2D eigenvalue weighted by Crippen LogP contribution is -1.89. The molecule has 0 atom stereocenters. The number of rotatable bonds is 2. The predicted molar refractivity (Wildman–Crippen MR) is 134 cm³/mol. The quantitative estimate of drug-likeness (QED) is 0.303. The molecule has 0 fully saturated rings. The van der Waals surface area contributed by atoms with Gasteiger partial charge in [-0.2, -0.15) is 21.0 Å². The first-order valence-corrected chi connectivity index (χ1v) is 11.7. The molecule has 5 rings (SSSR count). The number of allylic oxidation sites excluding steroid dienone is 5. The van der Waals surface area contributed by atoms with Crippen LogP contribution in [0.25, 0.3) is 37.3 Å². The standard InChI is InChI=1S/C27H11N5S2/c28-12-17(13-29)24-20-8-4-5-9-21(20)25(18(14-30)15-31)22(24)10-19-11-23-27(33-19)32-26(34-23)16-6-2-1-3-7-16/h1-11H. The molecule has 0 saturated heterocycles. The third-order valence-corrected chi connectivity index (χ3v) is 7.52. The van der Waals surface area contributed by atoms with E-state index in [-0.39, 0.29) is 11.1 Å². The average molecular weight is 470 g/mol. The second-order valence-corrected chi connectivity index (χ2v) is 9.35. The summed E-state index contributed by atoms with van der Waals surface area (Å²) in [5.74, 6) is 0. The molecule has 2 aromatic heterocycles. The van der Waals surface area contributed by atoms with Crippen molar-refractivity contribution in [2.75, 3.05) is 0 Å². The molecule has 34 heavy (non-hydrogen) atoms. The van der Waals surface area contributed by atoms with Gasteiger partial charge in [-0.25, -0.2) is 4.98 Å². The molecule has 1 aliphatic carbocycles. The van der Waals surface area contributed by atoms with Crippen LogP contribution in [0, 0.1) is 45.3 Å². The maximum atomic E-state index is 9.65. The number of thiazole rings is 1. The molecule has 0 amide bonds. The Morgan fingerprint density at radius 2 is 1.29 bits per heavy atom. The summed E-state index contributed by atoms with van der Waals surface area (Å²) >= 11 is 3.07. The van der Waals surface area contributed by atoms with Gasteiger partial charge in [-0.05, 0) is 28.8 Å². The molecule has 5 nitrogen and oxygen atoms in total. The molecule has 0 spiro atoms. The summed E-state index contributed by atoms with van der Waals surface area (Å²) in [6.45, 7) is 0. The molecule has 0 radical (unpaired) electrons. The normalized spacial score (nSPS) is 11.8. The van der Waals surface area contributed by atoms with Crippen LogP contribution in [0.4, 0.5) is 0 Å². The topological polar surface area (TPSA) is 108 Å². The Morgan fingerprint density at radius 3 is 1.82 bits per heavy atom. The van der Waals surface area contributed by atoms with E-state index >= 15 is 0 Å². The second-order valence-electron chi connectivity index (χ2n) is 7.25. The van der Waals surface area contributed by atoms with Crippen molar-refractivity contribution in [2.45, 2.75) is 0 Å². The Bertz CT molecular complexity index is 1600. The Hall–Kier alpha value is -4.79. The molecule has 0 unspecified atom stereocenters. The molecule has 2 heterocycles. The van der Waals surface area contributed by atoms with E-state index in [0.717, 1.165) is 25.0 Å². The Kier molecular flexibility index (Phi) is 5.35. The van der Waals surface area contributed by atoms with Crippen molar-refractivity contribution in [3.8, 4) is 34.8 Å². The van der Waals surface area contributed by atoms with Crippen LogP contribution in [0.1, 0.15) is 16.0 Å². The number of hydrogen-bond donors (Lipinski definition) is 0. The monoisotopic (exact) mass is 469 g/mol. The van der Waals surface area contributed by atoms with E-state index < -0.39 is 0 Å². The van der Waals surface area contributed by atoms with E-state index in [4.69, 9.17) is 4.98 Å².